The van der Waals surface area contributed by atoms with Crippen LogP contribution in [0.3, 0.4) is 0 Å². The Hall–Kier alpha value is -0.820. The molecule has 2 N–H and O–H groups in total. The highest BCUT2D eigenvalue weighted by Gasteiger charge is 2.28. The van der Waals surface area contributed by atoms with Crippen LogP contribution in [0, 0.1) is 0 Å². The van der Waals surface area contributed by atoms with E-state index in [0.717, 1.165) is 0 Å². The van der Waals surface area contributed by atoms with Crippen LogP contribution in [-0.4, -0.2) is 25.5 Å². The van der Waals surface area contributed by atoms with Crippen LogP contribution in [0.15, 0.2) is 23.1 Å². The molecule has 0 aliphatic carbocycles. The van der Waals surface area contributed by atoms with Crippen molar-refractivity contribution in [1.82, 2.24) is 4.72 Å². The maximum absolute atomic E-state index is 12.1. The Bertz CT molecular complexity index is 554. The lowest BCUT2D eigenvalue weighted by Gasteiger charge is -2.15. The summed E-state index contributed by atoms with van der Waals surface area (Å²) in [5, 5.41) is 8.85. The lowest BCUT2D eigenvalue weighted by Crippen LogP contribution is -2.40. The monoisotopic (exact) mass is 325 g/mol. The Morgan fingerprint density at radius 1 is 1.37 bits per heavy atom. The van der Waals surface area contributed by atoms with E-state index in [1.165, 1.54) is 18.2 Å². The van der Waals surface area contributed by atoms with E-state index < -0.39 is 22.0 Å². The maximum atomic E-state index is 12.1. The Kier molecular flexibility index (Phi) is 5.61. The summed E-state index contributed by atoms with van der Waals surface area (Å²) >= 11 is 11.6. The van der Waals surface area contributed by atoms with Crippen LogP contribution in [0.2, 0.25) is 10.0 Å². The highest BCUT2D eigenvalue weighted by atomic mass is 35.5. The second-order valence-electron chi connectivity index (χ2n) is 3.85. The van der Waals surface area contributed by atoms with Crippen LogP contribution in [0.1, 0.15) is 19.8 Å². The molecule has 1 rings (SSSR count). The first-order chi connectivity index (χ1) is 8.79. The molecule has 0 amide bonds. The zero-order chi connectivity index (χ0) is 14.6. The predicted molar refractivity (Wildman–Crippen MR) is 73.1 cm³/mol. The van der Waals surface area contributed by atoms with Gasteiger partial charge in [0.25, 0.3) is 0 Å². The molecule has 0 aliphatic rings. The van der Waals surface area contributed by atoms with Crippen LogP contribution in [0.25, 0.3) is 0 Å². The zero-order valence-corrected chi connectivity index (χ0v) is 12.4. The van der Waals surface area contributed by atoms with Crippen LogP contribution in [0.5, 0.6) is 0 Å². The zero-order valence-electron chi connectivity index (χ0n) is 10.1. The third-order valence-electron chi connectivity index (χ3n) is 2.36. The van der Waals surface area contributed by atoms with Crippen molar-refractivity contribution in [1.29, 1.82) is 0 Å². The summed E-state index contributed by atoms with van der Waals surface area (Å²) in [7, 11) is -4.08. The Balaban J connectivity index is 3.14. The van der Waals surface area contributed by atoms with Gasteiger partial charge in [-0.15, -0.1) is 0 Å². The van der Waals surface area contributed by atoms with Gasteiger partial charge in [-0.1, -0.05) is 42.6 Å². The number of hydrogen-bond donors (Lipinski definition) is 2. The number of carboxylic acid groups (broad SMARTS) is 1. The van der Waals surface area contributed by atoms with Crippen molar-refractivity contribution in [2.75, 3.05) is 0 Å². The molecule has 1 aromatic rings. The van der Waals surface area contributed by atoms with Crippen molar-refractivity contribution in [2.24, 2.45) is 0 Å². The maximum Gasteiger partial charge on any atom is 0.321 e. The Labute approximate surface area is 121 Å². The molecule has 106 valence electrons. The molecule has 0 heterocycles. The number of halogens is 2. The van der Waals surface area contributed by atoms with E-state index in [4.69, 9.17) is 28.3 Å². The molecule has 0 aliphatic heterocycles. The fraction of sp³-hybridized carbons (Fsp3) is 0.364. The Morgan fingerprint density at radius 3 is 2.32 bits per heavy atom. The predicted octanol–water partition coefficient (Wildman–Crippen LogP) is 2.53. The van der Waals surface area contributed by atoms with Gasteiger partial charge in [0, 0.05) is 0 Å². The van der Waals surface area contributed by atoms with E-state index in [9.17, 15) is 13.2 Å². The number of carboxylic acids is 1. The van der Waals surface area contributed by atoms with Gasteiger partial charge in [0.2, 0.25) is 10.0 Å². The molecule has 0 saturated heterocycles. The SMILES string of the molecule is CCC[C@@H](NS(=O)(=O)c1c(Cl)cccc1Cl)C(=O)O. The highest BCUT2D eigenvalue weighted by molar-refractivity contribution is 7.89. The average Bonchev–Trinajstić information content (AvgIpc) is 2.27. The van der Waals surface area contributed by atoms with Gasteiger partial charge in [-0.3, -0.25) is 4.79 Å². The van der Waals surface area contributed by atoms with Gasteiger partial charge in [0.1, 0.15) is 10.9 Å². The minimum atomic E-state index is -4.08. The molecule has 0 radical (unpaired) electrons. The quantitative estimate of drug-likeness (QED) is 0.841. The average molecular weight is 326 g/mol. The molecule has 0 aromatic heterocycles. The van der Waals surface area contributed by atoms with Gasteiger partial charge in [-0.05, 0) is 18.6 Å². The van der Waals surface area contributed by atoms with Crippen molar-refractivity contribution < 1.29 is 18.3 Å². The molecule has 0 spiro atoms. The van der Waals surface area contributed by atoms with Crippen LogP contribution in [0.4, 0.5) is 0 Å². The normalized spacial score (nSPS) is 13.2. The lowest BCUT2D eigenvalue weighted by molar-refractivity contribution is -0.139. The van der Waals surface area contributed by atoms with E-state index in [1.54, 1.807) is 6.92 Å². The second kappa shape index (κ2) is 6.56. The smallest absolute Gasteiger partial charge is 0.321 e. The van der Waals surface area contributed by atoms with E-state index in [0.29, 0.717) is 6.42 Å². The van der Waals surface area contributed by atoms with Crippen molar-refractivity contribution in [3.63, 3.8) is 0 Å². The van der Waals surface area contributed by atoms with Crippen LogP contribution < -0.4 is 4.72 Å². The lowest BCUT2D eigenvalue weighted by atomic mass is 10.2. The number of nitrogens with one attached hydrogen (secondary N) is 1. The van der Waals surface area contributed by atoms with E-state index in [-0.39, 0.29) is 21.4 Å². The van der Waals surface area contributed by atoms with Crippen molar-refractivity contribution in [3.8, 4) is 0 Å². The number of hydrogen-bond acceptors (Lipinski definition) is 3. The standard InChI is InChI=1S/C11H13Cl2NO4S/c1-2-4-9(11(15)16)14-19(17,18)10-7(12)5-3-6-8(10)13/h3,5-6,9,14H,2,4H2,1H3,(H,15,16)/t9-/m1/s1. The highest BCUT2D eigenvalue weighted by Crippen LogP contribution is 2.29. The van der Waals surface area contributed by atoms with Gasteiger partial charge >= 0.3 is 5.97 Å². The minimum Gasteiger partial charge on any atom is -0.480 e. The van der Waals surface area contributed by atoms with E-state index in [1.807, 2.05) is 0 Å². The van der Waals surface area contributed by atoms with Crippen LogP contribution in [-0.2, 0) is 14.8 Å². The fourth-order valence-corrected chi connectivity index (χ4v) is 3.87. The fourth-order valence-electron chi connectivity index (χ4n) is 1.51. The topological polar surface area (TPSA) is 83.5 Å². The summed E-state index contributed by atoms with van der Waals surface area (Å²) in [5.74, 6) is -1.24. The Morgan fingerprint density at radius 2 is 1.89 bits per heavy atom. The first-order valence-electron chi connectivity index (χ1n) is 5.48. The summed E-state index contributed by atoms with van der Waals surface area (Å²) in [5.41, 5.74) is 0. The van der Waals surface area contributed by atoms with Gasteiger partial charge in [-0.2, -0.15) is 4.72 Å². The van der Waals surface area contributed by atoms with Crippen LogP contribution >= 0.6 is 23.2 Å². The molecule has 5 nitrogen and oxygen atoms in total. The molecule has 19 heavy (non-hydrogen) atoms. The molecule has 0 fully saturated rings. The number of rotatable bonds is 6. The first-order valence-corrected chi connectivity index (χ1v) is 7.72. The van der Waals surface area contributed by atoms with Crippen molar-refractivity contribution in [3.05, 3.63) is 28.2 Å². The summed E-state index contributed by atoms with van der Waals surface area (Å²) < 4.78 is 26.3. The van der Waals surface area contributed by atoms with Gasteiger partial charge < -0.3 is 5.11 Å². The van der Waals surface area contributed by atoms with E-state index in [2.05, 4.69) is 4.72 Å². The van der Waals surface area contributed by atoms with Crippen molar-refractivity contribution in [2.45, 2.75) is 30.7 Å². The van der Waals surface area contributed by atoms with Crippen molar-refractivity contribution >= 4 is 39.2 Å². The minimum absolute atomic E-state index is 0.0550. The molecule has 1 aromatic carbocycles. The molecule has 0 unspecified atom stereocenters. The van der Waals surface area contributed by atoms with E-state index >= 15 is 0 Å². The summed E-state index contributed by atoms with van der Waals surface area (Å²) in [4.78, 5) is 10.7. The van der Waals surface area contributed by atoms with Gasteiger partial charge in [0.05, 0.1) is 10.0 Å². The second-order valence-corrected chi connectivity index (χ2v) is 6.32. The summed E-state index contributed by atoms with van der Waals surface area (Å²) in [6.07, 6.45) is 0.701. The largest absolute Gasteiger partial charge is 0.480 e. The molecule has 0 saturated carbocycles. The first kappa shape index (κ1) is 16.2. The number of sulfonamides is 1. The molecule has 1 atom stereocenters. The third-order valence-corrected chi connectivity index (χ3v) is 4.79. The molecule has 0 bridgehead atoms. The summed E-state index contributed by atoms with van der Waals surface area (Å²) in [6, 6.07) is 3.04. The number of aliphatic carboxylic acids is 1. The third kappa shape index (κ3) is 4.07. The summed E-state index contributed by atoms with van der Waals surface area (Å²) in [6.45, 7) is 1.76. The van der Waals surface area contributed by atoms with Gasteiger partial charge in [0.15, 0.2) is 0 Å². The number of carbonyl (C=O) groups is 1. The molecular formula is C11H13Cl2NO4S. The van der Waals surface area contributed by atoms with Gasteiger partial charge in [-0.25, -0.2) is 8.42 Å². The molecular weight excluding hydrogens is 313 g/mol. The number of benzene rings is 1. The molecule has 8 heteroatoms.